The highest BCUT2D eigenvalue weighted by Gasteiger charge is 2.34. The topological polar surface area (TPSA) is 4.41 Å². The molecule has 0 amide bonds. The van der Waals surface area contributed by atoms with Crippen LogP contribution in [0.4, 0.5) is 13.2 Å². The maximum absolute atomic E-state index is 13.1. The lowest BCUT2D eigenvalue weighted by atomic mass is 9.96. The second kappa shape index (κ2) is 5.69. The number of aromatic nitrogens is 1. The molecule has 0 radical (unpaired) electrons. The molecule has 0 spiro atoms. The zero-order valence-electron chi connectivity index (χ0n) is 12.3. The Labute approximate surface area is 132 Å². The maximum Gasteiger partial charge on any atom is 0.431 e. The normalized spacial score (nSPS) is 13.2. The number of nitrogens with zero attached hydrogens (tertiary/aromatic N) is 1. The van der Waals surface area contributed by atoms with E-state index >= 15 is 0 Å². The van der Waals surface area contributed by atoms with Crippen molar-refractivity contribution < 1.29 is 13.2 Å². The molecule has 0 aromatic carbocycles. The molecule has 22 heavy (non-hydrogen) atoms. The molecule has 0 aliphatic rings. The number of fused-ring (bicyclic) bond motifs is 1. The maximum atomic E-state index is 13.1. The van der Waals surface area contributed by atoms with Crippen LogP contribution in [-0.4, -0.2) is 4.40 Å². The summed E-state index contributed by atoms with van der Waals surface area (Å²) in [4.78, 5) is 0. The minimum Gasteiger partial charge on any atom is -0.312 e. The van der Waals surface area contributed by atoms with Gasteiger partial charge in [-0.25, -0.2) is 0 Å². The first-order valence-corrected chi connectivity index (χ1v) is 6.92. The molecule has 0 saturated heterocycles. The van der Waals surface area contributed by atoms with Crippen LogP contribution in [0.2, 0.25) is 5.02 Å². The van der Waals surface area contributed by atoms with E-state index in [1.165, 1.54) is 6.20 Å². The molecule has 0 fully saturated rings. The largest absolute Gasteiger partial charge is 0.431 e. The van der Waals surface area contributed by atoms with E-state index in [9.17, 15) is 13.2 Å². The first kappa shape index (κ1) is 16.4. The Kier molecular flexibility index (Phi) is 4.25. The molecule has 5 heteroatoms. The molecule has 0 unspecified atom stereocenters. The summed E-state index contributed by atoms with van der Waals surface area (Å²) in [6.45, 7) is 11.2. The summed E-state index contributed by atoms with van der Waals surface area (Å²) in [5.41, 5.74) is 2.43. The van der Waals surface area contributed by atoms with Gasteiger partial charge in [-0.1, -0.05) is 36.4 Å². The van der Waals surface area contributed by atoms with Crippen molar-refractivity contribution in [3.8, 4) is 0 Å². The van der Waals surface area contributed by atoms with Gasteiger partial charge < -0.3 is 4.40 Å². The molecule has 2 rings (SSSR count). The van der Waals surface area contributed by atoms with E-state index in [2.05, 4.69) is 13.2 Å². The molecule has 0 bridgehead atoms. The van der Waals surface area contributed by atoms with Gasteiger partial charge >= 0.3 is 6.18 Å². The van der Waals surface area contributed by atoms with Gasteiger partial charge in [0.15, 0.2) is 0 Å². The molecule has 2 aromatic heterocycles. The third-order valence-electron chi connectivity index (χ3n) is 3.50. The lowest BCUT2D eigenvalue weighted by Gasteiger charge is -2.17. The Balaban J connectivity index is 2.89. The fourth-order valence-electron chi connectivity index (χ4n) is 2.55. The summed E-state index contributed by atoms with van der Waals surface area (Å²) in [6, 6.07) is 4.12. The molecule has 1 nitrogen and oxygen atoms in total. The molecular weight excluding hydrogens is 311 g/mol. The van der Waals surface area contributed by atoms with Crippen molar-refractivity contribution in [2.24, 2.45) is 0 Å². The van der Waals surface area contributed by atoms with Gasteiger partial charge in [-0.2, -0.15) is 13.2 Å². The van der Waals surface area contributed by atoms with Crippen molar-refractivity contribution in [1.29, 1.82) is 0 Å². The Morgan fingerprint density at radius 2 is 1.95 bits per heavy atom. The van der Waals surface area contributed by atoms with E-state index in [1.54, 1.807) is 25.1 Å². The Bertz CT molecular complexity index is 794. The molecule has 0 atom stereocenters. The summed E-state index contributed by atoms with van der Waals surface area (Å²) in [7, 11) is 0. The molecule has 0 aliphatic carbocycles. The summed E-state index contributed by atoms with van der Waals surface area (Å²) >= 11 is 6.16. The number of halogens is 4. The number of hydrogen-bond acceptors (Lipinski definition) is 0. The predicted molar refractivity (Wildman–Crippen MR) is 85.0 cm³/mol. The van der Waals surface area contributed by atoms with Gasteiger partial charge in [0.1, 0.15) is 5.69 Å². The van der Waals surface area contributed by atoms with Crippen LogP contribution in [0, 0.1) is 0 Å². The molecule has 2 heterocycles. The number of alkyl halides is 3. The van der Waals surface area contributed by atoms with Crippen molar-refractivity contribution >= 4 is 22.7 Å². The third-order valence-corrected chi connectivity index (χ3v) is 3.80. The summed E-state index contributed by atoms with van der Waals surface area (Å²) in [6.07, 6.45) is -1.47. The quantitative estimate of drug-likeness (QED) is 0.596. The zero-order valence-corrected chi connectivity index (χ0v) is 13.0. The van der Waals surface area contributed by atoms with Gasteiger partial charge in [0.05, 0.1) is 10.5 Å². The van der Waals surface area contributed by atoms with Gasteiger partial charge in [0.25, 0.3) is 0 Å². The van der Waals surface area contributed by atoms with E-state index in [-0.39, 0.29) is 5.02 Å². The van der Waals surface area contributed by atoms with E-state index in [1.807, 2.05) is 6.92 Å². The van der Waals surface area contributed by atoms with Crippen LogP contribution in [-0.2, 0) is 6.18 Å². The smallest absolute Gasteiger partial charge is 0.312 e. The number of pyridine rings is 1. The first-order chi connectivity index (χ1) is 10.2. The summed E-state index contributed by atoms with van der Waals surface area (Å²) in [5, 5.41) is 0.0524. The lowest BCUT2D eigenvalue weighted by Crippen LogP contribution is -2.12. The van der Waals surface area contributed by atoms with Gasteiger partial charge in [-0.15, -0.1) is 0 Å². The molecule has 116 valence electrons. The van der Waals surface area contributed by atoms with E-state index in [0.29, 0.717) is 11.1 Å². The highest BCUT2D eigenvalue weighted by Crippen LogP contribution is 2.38. The Hall–Kier alpha value is -1.94. The third kappa shape index (κ3) is 2.71. The highest BCUT2D eigenvalue weighted by atomic mass is 35.5. The van der Waals surface area contributed by atoms with Gasteiger partial charge in [-0.3, -0.25) is 0 Å². The van der Waals surface area contributed by atoms with Crippen LogP contribution >= 0.6 is 11.6 Å². The van der Waals surface area contributed by atoms with Gasteiger partial charge in [0, 0.05) is 11.8 Å². The molecular formula is C17H15ClF3N. The second-order valence-electron chi connectivity index (χ2n) is 5.04. The van der Waals surface area contributed by atoms with E-state index in [0.717, 1.165) is 27.2 Å². The van der Waals surface area contributed by atoms with Crippen LogP contribution in [0.1, 0.15) is 25.1 Å². The molecule has 0 aliphatic heterocycles. The minimum atomic E-state index is -4.48. The van der Waals surface area contributed by atoms with E-state index < -0.39 is 11.9 Å². The van der Waals surface area contributed by atoms with Gasteiger partial charge in [0.2, 0.25) is 0 Å². The second-order valence-corrected chi connectivity index (χ2v) is 5.44. The molecule has 0 saturated carbocycles. The standard InChI is InChI=1S/C17H15ClF3N/c1-5-12(10(2)3)11(4)16-13(18)9-15(17(19,20)21)22-8-6-7-14(16)22/h5-9H,1-2H2,3-4H3/b12-11+. The van der Waals surface area contributed by atoms with Crippen LogP contribution in [0.3, 0.4) is 0 Å². The van der Waals surface area contributed by atoms with Crippen molar-refractivity contribution in [3.63, 3.8) is 0 Å². The fraction of sp³-hybridized carbons (Fsp3) is 0.176. The van der Waals surface area contributed by atoms with Crippen molar-refractivity contribution in [2.45, 2.75) is 20.0 Å². The monoisotopic (exact) mass is 325 g/mol. The summed E-state index contributed by atoms with van der Waals surface area (Å²) < 4.78 is 40.5. The molecule has 2 aromatic rings. The number of allylic oxidation sites excluding steroid dienone is 4. The Morgan fingerprint density at radius 1 is 1.32 bits per heavy atom. The average molecular weight is 326 g/mol. The van der Waals surface area contributed by atoms with Crippen LogP contribution in [0.15, 0.2) is 54.8 Å². The fourth-order valence-corrected chi connectivity index (χ4v) is 2.89. The average Bonchev–Trinajstić information content (AvgIpc) is 2.85. The van der Waals surface area contributed by atoms with Crippen LogP contribution < -0.4 is 0 Å². The summed E-state index contributed by atoms with van der Waals surface area (Å²) in [5.74, 6) is 0. The van der Waals surface area contributed by atoms with Crippen molar-refractivity contribution in [1.82, 2.24) is 4.40 Å². The SMILES string of the molecule is C=C/C(C(=C)C)=C(/C)c1c(Cl)cc(C(F)(F)F)n2cccc12. The van der Waals surface area contributed by atoms with Crippen molar-refractivity contribution in [3.05, 3.63) is 71.1 Å². The lowest BCUT2D eigenvalue weighted by molar-refractivity contribution is -0.142. The van der Waals surface area contributed by atoms with Gasteiger partial charge in [-0.05, 0) is 43.2 Å². The first-order valence-electron chi connectivity index (χ1n) is 6.54. The Morgan fingerprint density at radius 3 is 2.45 bits per heavy atom. The highest BCUT2D eigenvalue weighted by molar-refractivity contribution is 6.33. The predicted octanol–water partition coefficient (Wildman–Crippen LogP) is 6.15. The van der Waals surface area contributed by atoms with Crippen molar-refractivity contribution in [2.75, 3.05) is 0 Å². The number of rotatable bonds is 3. The van der Waals surface area contributed by atoms with Crippen LogP contribution in [0.25, 0.3) is 11.1 Å². The number of hydrogen-bond donors (Lipinski definition) is 0. The van der Waals surface area contributed by atoms with Crippen LogP contribution in [0.5, 0.6) is 0 Å². The van der Waals surface area contributed by atoms with E-state index in [4.69, 9.17) is 11.6 Å². The molecule has 0 N–H and O–H groups in total. The zero-order chi connectivity index (χ0) is 16.7. The minimum absolute atomic E-state index is 0.0524.